The van der Waals surface area contributed by atoms with E-state index < -0.39 is 0 Å². The quantitative estimate of drug-likeness (QED) is 0.798. The molecule has 0 saturated carbocycles. The van der Waals surface area contributed by atoms with E-state index >= 15 is 0 Å². The number of rotatable bonds is 5. The molecule has 1 heterocycles. The lowest BCUT2D eigenvalue weighted by Crippen LogP contribution is -2.25. The Morgan fingerprint density at radius 3 is 3.07 bits per heavy atom. The molecular formula is C9H14BrN3O. The standard InChI is InChI=1S/C9H14BrN3O/c1-13-7-8(6-12-13)3-5-11-9(14)2-4-10/h6-7H,2-5H2,1H3,(H,11,14). The molecule has 0 fully saturated rings. The van der Waals surface area contributed by atoms with Crippen molar-refractivity contribution < 1.29 is 4.79 Å². The van der Waals surface area contributed by atoms with Crippen molar-refractivity contribution in [3.63, 3.8) is 0 Å². The van der Waals surface area contributed by atoms with Gasteiger partial charge in [0.2, 0.25) is 5.91 Å². The summed E-state index contributed by atoms with van der Waals surface area (Å²) in [4.78, 5) is 11.1. The number of halogens is 1. The Morgan fingerprint density at radius 2 is 2.50 bits per heavy atom. The lowest BCUT2D eigenvalue weighted by Gasteiger charge is -2.01. The molecule has 0 unspecified atom stereocenters. The molecule has 0 bridgehead atoms. The highest BCUT2D eigenvalue weighted by Crippen LogP contribution is 1.96. The number of aryl methyl sites for hydroxylation is 1. The lowest BCUT2D eigenvalue weighted by molar-refractivity contribution is -0.120. The van der Waals surface area contributed by atoms with Crippen LogP contribution in [0.25, 0.3) is 0 Å². The summed E-state index contributed by atoms with van der Waals surface area (Å²) in [7, 11) is 1.88. The molecule has 0 radical (unpaired) electrons. The van der Waals surface area contributed by atoms with Gasteiger partial charge in [0.15, 0.2) is 0 Å². The number of carbonyl (C=O) groups excluding carboxylic acids is 1. The molecular weight excluding hydrogens is 246 g/mol. The van der Waals surface area contributed by atoms with Crippen molar-refractivity contribution in [2.75, 3.05) is 11.9 Å². The van der Waals surface area contributed by atoms with E-state index in [-0.39, 0.29) is 5.91 Å². The third-order valence-corrected chi connectivity index (χ3v) is 2.21. The molecule has 0 aromatic carbocycles. The van der Waals surface area contributed by atoms with Gasteiger partial charge in [-0.25, -0.2) is 0 Å². The highest BCUT2D eigenvalue weighted by Gasteiger charge is 1.99. The maximum atomic E-state index is 11.1. The molecule has 5 heteroatoms. The molecule has 0 saturated heterocycles. The minimum Gasteiger partial charge on any atom is -0.356 e. The molecule has 0 aliphatic rings. The Morgan fingerprint density at radius 1 is 1.71 bits per heavy atom. The van der Waals surface area contributed by atoms with Crippen LogP contribution in [0.5, 0.6) is 0 Å². The van der Waals surface area contributed by atoms with E-state index in [1.54, 1.807) is 4.68 Å². The third kappa shape index (κ3) is 3.91. The number of hydrogen-bond acceptors (Lipinski definition) is 2. The predicted molar refractivity (Wildman–Crippen MR) is 58.3 cm³/mol. The maximum absolute atomic E-state index is 11.1. The van der Waals surface area contributed by atoms with Crippen molar-refractivity contribution >= 4 is 21.8 Å². The Balaban J connectivity index is 2.18. The zero-order valence-electron chi connectivity index (χ0n) is 8.16. The van der Waals surface area contributed by atoms with Crippen LogP contribution in [-0.4, -0.2) is 27.6 Å². The van der Waals surface area contributed by atoms with E-state index in [4.69, 9.17) is 0 Å². The molecule has 4 nitrogen and oxygen atoms in total. The summed E-state index contributed by atoms with van der Waals surface area (Å²) < 4.78 is 1.76. The number of nitrogens with zero attached hydrogens (tertiary/aromatic N) is 2. The summed E-state index contributed by atoms with van der Waals surface area (Å²) in [5, 5.41) is 7.60. The van der Waals surface area contributed by atoms with Crippen molar-refractivity contribution in [1.82, 2.24) is 15.1 Å². The minimum absolute atomic E-state index is 0.0887. The summed E-state index contributed by atoms with van der Waals surface area (Å²) >= 11 is 3.22. The van der Waals surface area contributed by atoms with E-state index in [0.717, 1.165) is 12.0 Å². The van der Waals surface area contributed by atoms with Gasteiger partial charge in [-0.3, -0.25) is 9.48 Å². The molecule has 1 aromatic heterocycles. The highest BCUT2D eigenvalue weighted by atomic mass is 79.9. The summed E-state index contributed by atoms with van der Waals surface area (Å²) in [6, 6.07) is 0. The lowest BCUT2D eigenvalue weighted by atomic mass is 10.2. The summed E-state index contributed by atoms with van der Waals surface area (Å²) in [6.45, 7) is 0.678. The first-order chi connectivity index (χ1) is 6.72. The predicted octanol–water partition coefficient (Wildman–Crippen LogP) is 0.864. The largest absolute Gasteiger partial charge is 0.356 e. The van der Waals surface area contributed by atoms with Gasteiger partial charge in [-0.15, -0.1) is 0 Å². The summed E-state index contributed by atoms with van der Waals surface area (Å²) in [6.07, 6.45) is 5.14. The van der Waals surface area contributed by atoms with Crippen LogP contribution in [0.2, 0.25) is 0 Å². The first kappa shape index (κ1) is 11.2. The van der Waals surface area contributed by atoms with Gasteiger partial charge in [0, 0.05) is 31.5 Å². The monoisotopic (exact) mass is 259 g/mol. The number of hydrogen-bond donors (Lipinski definition) is 1. The Hall–Kier alpha value is -0.840. The van der Waals surface area contributed by atoms with Gasteiger partial charge in [0.25, 0.3) is 0 Å². The molecule has 1 aromatic rings. The van der Waals surface area contributed by atoms with Crippen LogP contribution in [0.4, 0.5) is 0 Å². The molecule has 1 rings (SSSR count). The Bertz CT molecular complexity index is 298. The fourth-order valence-electron chi connectivity index (χ4n) is 1.12. The van der Waals surface area contributed by atoms with Gasteiger partial charge in [-0.2, -0.15) is 5.10 Å². The van der Waals surface area contributed by atoms with Crippen LogP contribution in [-0.2, 0) is 18.3 Å². The maximum Gasteiger partial charge on any atom is 0.220 e. The fourth-order valence-corrected chi connectivity index (χ4v) is 1.48. The Kier molecular flexibility index (Phi) is 4.65. The highest BCUT2D eigenvalue weighted by molar-refractivity contribution is 9.09. The van der Waals surface area contributed by atoms with Crippen LogP contribution < -0.4 is 5.32 Å². The van der Waals surface area contributed by atoms with Crippen LogP contribution in [0.15, 0.2) is 12.4 Å². The van der Waals surface area contributed by atoms with Crippen LogP contribution in [0.1, 0.15) is 12.0 Å². The zero-order valence-corrected chi connectivity index (χ0v) is 9.75. The average Bonchev–Trinajstić information content (AvgIpc) is 2.52. The summed E-state index contributed by atoms with van der Waals surface area (Å²) in [5.41, 5.74) is 1.15. The average molecular weight is 260 g/mol. The van der Waals surface area contributed by atoms with E-state index in [0.29, 0.717) is 18.3 Å². The molecule has 14 heavy (non-hydrogen) atoms. The number of nitrogens with one attached hydrogen (secondary N) is 1. The second kappa shape index (κ2) is 5.80. The molecule has 1 amide bonds. The van der Waals surface area contributed by atoms with Gasteiger partial charge in [-0.05, 0) is 12.0 Å². The first-order valence-electron chi connectivity index (χ1n) is 4.52. The van der Waals surface area contributed by atoms with Crippen molar-refractivity contribution in [2.45, 2.75) is 12.8 Å². The van der Waals surface area contributed by atoms with Crippen molar-refractivity contribution in [3.05, 3.63) is 18.0 Å². The van der Waals surface area contributed by atoms with Crippen LogP contribution in [0.3, 0.4) is 0 Å². The SMILES string of the molecule is Cn1cc(CCNC(=O)CCBr)cn1. The van der Waals surface area contributed by atoms with E-state index in [9.17, 15) is 4.79 Å². The van der Waals surface area contributed by atoms with Crippen molar-refractivity contribution in [1.29, 1.82) is 0 Å². The van der Waals surface area contributed by atoms with E-state index in [1.165, 1.54) is 0 Å². The van der Waals surface area contributed by atoms with Crippen molar-refractivity contribution in [3.8, 4) is 0 Å². The minimum atomic E-state index is 0.0887. The zero-order chi connectivity index (χ0) is 10.4. The number of carbonyl (C=O) groups is 1. The second-order valence-electron chi connectivity index (χ2n) is 3.06. The van der Waals surface area contributed by atoms with Gasteiger partial charge < -0.3 is 5.32 Å². The second-order valence-corrected chi connectivity index (χ2v) is 3.85. The molecule has 1 N–H and O–H groups in total. The van der Waals surface area contributed by atoms with Gasteiger partial charge in [0.05, 0.1) is 6.20 Å². The third-order valence-electron chi connectivity index (χ3n) is 1.82. The van der Waals surface area contributed by atoms with Crippen molar-refractivity contribution in [2.24, 2.45) is 7.05 Å². The molecule has 78 valence electrons. The molecule has 0 aliphatic carbocycles. The van der Waals surface area contributed by atoms with E-state index in [1.807, 2.05) is 19.4 Å². The van der Waals surface area contributed by atoms with Crippen LogP contribution in [0, 0.1) is 0 Å². The first-order valence-corrected chi connectivity index (χ1v) is 5.64. The normalized spacial score (nSPS) is 10.1. The molecule has 0 aliphatic heterocycles. The van der Waals surface area contributed by atoms with Crippen LogP contribution >= 0.6 is 15.9 Å². The topological polar surface area (TPSA) is 46.9 Å². The van der Waals surface area contributed by atoms with E-state index in [2.05, 4.69) is 26.3 Å². The number of amides is 1. The van der Waals surface area contributed by atoms with Gasteiger partial charge in [-0.1, -0.05) is 15.9 Å². The van der Waals surface area contributed by atoms with Gasteiger partial charge in [0.1, 0.15) is 0 Å². The number of aromatic nitrogens is 2. The Labute approximate surface area is 91.8 Å². The fraction of sp³-hybridized carbons (Fsp3) is 0.556. The molecule has 0 spiro atoms. The summed E-state index contributed by atoms with van der Waals surface area (Å²) in [5.74, 6) is 0.0887. The molecule has 0 atom stereocenters. The number of alkyl halides is 1. The smallest absolute Gasteiger partial charge is 0.220 e. The van der Waals surface area contributed by atoms with Gasteiger partial charge >= 0.3 is 0 Å².